The number of amides is 1. The van der Waals surface area contributed by atoms with Crippen molar-refractivity contribution in [3.05, 3.63) is 0 Å². The third-order valence-electron chi connectivity index (χ3n) is 3.17. The average molecular weight is 224 g/mol. The molecule has 0 heterocycles. The Morgan fingerprint density at radius 3 is 2.69 bits per heavy atom. The summed E-state index contributed by atoms with van der Waals surface area (Å²) in [7, 11) is 0. The standard InChI is InChI=1S/C12H20N2O2/c1-8(2)11(6-13)12(16)14-7-9-3-4-10(15)5-9/h8-11,15H,3-5,7H2,1-2H3,(H,14,16). The molecule has 90 valence electrons. The molecule has 0 radical (unpaired) electrons. The number of nitrogens with one attached hydrogen (secondary N) is 1. The molecule has 1 aliphatic rings. The number of rotatable bonds is 4. The van der Waals surface area contributed by atoms with Crippen molar-refractivity contribution in [1.82, 2.24) is 5.32 Å². The molecule has 0 spiro atoms. The van der Waals surface area contributed by atoms with Crippen LogP contribution >= 0.6 is 0 Å². The highest BCUT2D eigenvalue weighted by Crippen LogP contribution is 2.24. The largest absolute Gasteiger partial charge is 0.393 e. The van der Waals surface area contributed by atoms with E-state index in [2.05, 4.69) is 5.32 Å². The summed E-state index contributed by atoms with van der Waals surface area (Å²) in [6.07, 6.45) is 2.34. The van der Waals surface area contributed by atoms with E-state index in [1.54, 1.807) is 0 Å². The van der Waals surface area contributed by atoms with Crippen molar-refractivity contribution >= 4 is 5.91 Å². The fourth-order valence-corrected chi connectivity index (χ4v) is 2.10. The Labute approximate surface area is 96.6 Å². The van der Waals surface area contributed by atoms with Gasteiger partial charge in [-0.3, -0.25) is 4.79 Å². The SMILES string of the molecule is CC(C)C(C#N)C(=O)NCC1CCC(O)C1. The van der Waals surface area contributed by atoms with Gasteiger partial charge >= 0.3 is 0 Å². The fraction of sp³-hybridized carbons (Fsp3) is 0.833. The predicted molar refractivity (Wildman–Crippen MR) is 60.3 cm³/mol. The van der Waals surface area contributed by atoms with Gasteiger partial charge in [-0.1, -0.05) is 13.8 Å². The van der Waals surface area contributed by atoms with Crippen LogP contribution in [0.15, 0.2) is 0 Å². The highest BCUT2D eigenvalue weighted by molar-refractivity contribution is 5.81. The first-order chi connectivity index (χ1) is 7.54. The predicted octanol–water partition coefficient (Wildman–Crippen LogP) is 1.06. The highest BCUT2D eigenvalue weighted by atomic mass is 16.3. The lowest BCUT2D eigenvalue weighted by molar-refractivity contribution is -0.124. The Morgan fingerprint density at radius 1 is 1.56 bits per heavy atom. The van der Waals surface area contributed by atoms with Crippen LogP contribution in [0, 0.1) is 29.1 Å². The average Bonchev–Trinajstić information content (AvgIpc) is 2.62. The molecule has 0 aromatic heterocycles. The summed E-state index contributed by atoms with van der Waals surface area (Å²) >= 11 is 0. The number of nitriles is 1. The van der Waals surface area contributed by atoms with Gasteiger partial charge in [0.25, 0.3) is 0 Å². The van der Waals surface area contributed by atoms with E-state index in [9.17, 15) is 9.90 Å². The third-order valence-corrected chi connectivity index (χ3v) is 3.17. The smallest absolute Gasteiger partial charge is 0.237 e. The summed E-state index contributed by atoms with van der Waals surface area (Å²) in [6.45, 7) is 4.32. The lowest BCUT2D eigenvalue weighted by Crippen LogP contribution is -2.35. The molecular weight excluding hydrogens is 204 g/mol. The van der Waals surface area contributed by atoms with Gasteiger partial charge < -0.3 is 10.4 Å². The first-order valence-corrected chi connectivity index (χ1v) is 5.90. The molecule has 4 heteroatoms. The quantitative estimate of drug-likeness (QED) is 0.750. The molecule has 1 rings (SSSR count). The van der Waals surface area contributed by atoms with Gasteiger partial charge in [-0.05, 0) is 31.1 Å². The van der Waals surface area contributed by atoms with Crippen LogP contribution in [-0.4, -0.2) is 23.7 Å². The number of aliphatic hydroxyl groups excluding tert-OH is 1. The number of hydrogen-bond donors (Lipinski definition) is 2. The van der Waals surface area contributed by atoms with E-state index in [1.165, 1.54) is 0 Å². The van der Waals surface area contributed by atoms with E-state index >= 15 is 0 Å². The first-order valence-electron chi connectivity index (χ1n) is 5.90. The van der Waals surface area contributed by atoms with Crippen molar-refractivity contribution in [3.8, 4) is 6.07 Å². The van der Waals surface area contributed by atoms with Gasteiger partial charge in [0, 0.05) is 6.54 Å². The summed E-state index contributed by atoms with van der Waals surface area (Å²) in [4.78, 5) is 11.7. The van der Waals surface area contributed by atoms with Crippen LogP contribution < -0.4 is 5.32 Å². The number of carbonyl (C=O) groups excluding carboxylic acids is 1. The van der Waals surface area contributed by atoms with Crippen molar-refractivity contribution in [1.29, 1.82) is 5.26 Å². The molecular formula is C12H20N2O2. The molecule has 1 saturated carbocycles. The second kappa shape index (κ2) is 5.86. The molecule has 0 bridgehead atoms. The zero-order valence-corrected chi connectivity index (χ0v) is 9.94. The normalized spacial score (nSPS) is 26.4. The maximum atomic E-state index is 11.7. The van der Waals surface area contributed by atoms with Crippen molar-refractivity contribution in [2.24, 2.45) is 17.8 Å². The Hall–Kier alpha value is -1.08. The summed E-state index contributed by atoms with van der Waals surface area (Å²) in [5.74, 6) is -0.338. The van der Waals surface area contributed by atoms with E-state index in [0.29, 0.717) is 12.5 Å². The molecule has 4 nitrogen and oxygen atoms in total. The van der Waals surface area contributed by atoms with Crippen LogP contribution in [-0.2, 0) is 4.79 Å². The number of aliphatic hydroxyl groups is 1. The summed E-state index contributed by atoms with van der Waals surface area (Å²) in [5, 5.41) is 21.0. The Bertz CT molecular complexity index is 283. The summed E-state index contributed by atoms with van der Waals surface area (Å²) < 4.78 is 0. The zero-order chi connectivity index (χ0) is 12.1. The van der Waals surface area contributed by atoms with Gasteiger partial charge in [0.1, 0.15) is 5.92 Å². The van der Waals surface area contributed by atoms with Crippen LogP contribution in [0.25, 0.3) is 0 Å². The highest BCUT2D eigenvalue weighted by Gasteiger charge is 2.25. The second-order valence-electron chi connectivity index (χ2n) is 4.93. The van der Waals surface area contributed by atoms with Crippen molar-refractivity contribution in [2.45, 2.75) is 39.2 Å². The zero-order valence-electron chi connectivity index (χ0n) is 9.94. The minimum Gasteiger partial charge on any atom is -0.393 e. The van der Waals surface area contributed by atoms with Crippen LogP contribution in [0.4, 0.5) is 0 Å². The van der Waals surface area contributed by atoms with E-state index in [1.807, 2.05) is 19.9 Å². The van der Waals surface area contributed by atoms with Gasteiger partial charge in [0.2, 0.25) is 5.91 Å². The second-order valence-corrected chi connectivity index (χ2v) is 4.93. The van der Waals surface area contributed by atoms with Crippen LogP contribution in [0.2, 0.25) is 0 Å². The van der Waals surface area contributed by atoms with Gasteiger partial charge in [-0.2, -0.15) is 5.26 Å². The Balaban J connectivity index is 2.32. The Kier molecular flexibility index (Phi) is 4.75. The van der Waals surface area contributed by atoms with Crippen molar-refractivity contribution in [3.63, 3.8) is 0 Å². The van der Waals surface area contributed by atoms with E-state index in [4.69, 9.17) is 5.26 Å². The molecule has 0 aromatic carbocycles. The fourth-order valence-electron chi connectivity index (χ4n) is 2.10. The monoisotopic (exact) mass is 224 g/mol. The van der Waals surface area contributed by atoms with Gasteiger partial charge in [0.05, 0.1) is 12.2 Å². The van der Waals surface area contributed by atoms with Crippen LogP contribution in [0.5, 0.6) is 0 Å². The van der Waals surface area contributed by atoms with E-state index in [0.717, 1.165) is 19.3 Å². The summed E-state index contributed by atoms with van der Waals surface area (Å²) in [6, 6.07) is 2.02. The maximum absolute atomic E-state index is 11.7. The summed E-state index contributed by atoms with van der Waals surface area (Å²) in [5.41, 5.74) is 0. The minimum atomic E-state index is -0.564. The maximum Gasteiger partial charge on any atom is 0.237 e. The topological polar surface area (TPSA) is 73.1 Å². The molecule has 2 N–H and O–H groups in total. The number of carbonyl (C=O) groups is 1. The molecule has 0 aromatic rings. The van der Waals surface area contributed by atoms with Crippen molar-refractivity contribution < 1.29 is 9.90 Å². The lowest BCUT2D eigenvalue weighted by atomic mass is 9.96. The molecule has 16 heavy (non-hydrogen) atoms. The van der Waals surface area contributed by atoms with Crippen LogP contribution in [0.1, 0.15) is 33.1 Å². The molecule has 0 aliphatic heterocycles. The van der Waals surface area contributed by atoms with E-state index < -0.39 is 5.92 Å². The molecule has 3 atom stereocenters. The van der Waals surface area contributed by atoms with E-state index in [-0.39, 0.29) is 17.9 Å². The first kappa shape index (κ1) is 13.0. The molecule has 1 aliphatic carbocycles. The van der Waals surface area contributed by atoms with Gasteiger partial charge in [-0.15, -0.1) is 0 Å². The van der Waals surface area contributed by atoms with Gasteiger partial charge in [-0.25, -0.2) is 0 Å². The van der Waals surface area contributed by atoms with Crippen LogP contribution in [0.3, 0.4) is 0 Å². The minimum absolute atomic E-state index is 0.0409. The number of nitrogens with zero attached hydrogens (tertiary/aromatic N) is 1. The molecule has 3 unspecified atom stereocenters. The molecule has 1 amide bonds. The molecule has 1 fully saturated rings. The van der Waals surface area contributed by atoms with Crippen molar-refractivity contribution in [2.75, 3.05) is 6.54 Å². The Morgan fingerprint density at radius 2 is 2.25 bits per heavy atom. The number of hydrogen-bond acceptors (Lipinski definition) is 3. The third kappa shape index (κ3) is 3.49. The lowest BCUT2D eigenvalue weighted by Gasteiger charge is -2.15. The molecule has 0 saturated heterocycles. The van der Waals surface area contributed by atoms with Gasteiger partial charge in [0.15, 0.2) is 0 Å².